The second kappa shape index (κ2) is 14.5. The Morgan fingerprint density at radius 1 is 0.453 bits per heavy atom. The van der Waals surface area contributed by atoms with E-state index in [0.717, 1.165) is 6.07 Å². The average Bonchev–Trinajstić information content (AvgIpc) is 3.04. The van der Waals surface area contributed by atoms with Crippen LogP contribution in [0.2, 0.25) is 0 Å². The highest BCUT2D eigenvalue weighted by atomic mass is 19.4. The minimum Gasteiger partial charge on any atom is -0.429 e. The Hall–Kier alpha value is -5.45. The van der Waals surface area contributed by atoms with Crippen LogP contribution >= 0.6 is 0 Å². The molecular formula is C29H15F17N2O5. The van der Waals surface area contributed by atoms with Crippen molar-refractivity contribution in [1.29, 1.82) is 0 Å². The summed E-state index contributed by atoms with van der Waals surface area (Å²) in [4.78, 5) is 24.6. The molecule has 0 heterocycles. The van der Waals surface area contributed by atoms with Gasteiger partial charge in [-0.15, -0.1) is 0 Å². The van der Waals surface area contributed by atoms with Gasteiger partial charge in [0.1, 0.15) is 17.2 Å². The molecular weight excluding hydrogens is 779 g/mol. The molecule has 0 spiro atoms. The number of halogens is 17. The van der Waals surface area contributed by atoms with Gasteiger partial charge in [-0.2, -0.15) is 74.6 Å². The SMILES string of the molecule is O=C(Nc1cc(NC(=O)Oc2ccccc2)cc(OC(F)=C(F)C(F)(F)C(F)(F)C(F)(F)C(F)(F)C(F)(F)C(F)(F)C(F)(F)F)c1)Oc1ccccc1. The van der Waals surface area contributed by atoms with Crippen LogP contribution in [0, 0.1) is 0 Å². The molecule has 3 aromatic rings. The lowest BCUT2D eigenvalue weighted by Crippen LogP contribution is -2.72. The fourth-order valence-electron chi connectivity index (χ4n) is 3.66. The second-order valence-corrected chi connectivity index (χ2v) is 10.0. The Balaban J connectivity index is 2.01. The average molecular weight is 794 g/mol. The number of carbonyl (C=O) groups is 2. The lowest BCUT2D eigenvalue weighted by molar-refractivity contribution is -0.451. The minimum atomic E-state index is -8.76. The summed E-state index contributed by atoms with van der Waals surface area (Å²) in [5, 5.41) is 3.79. The first-order valence-corrected chi connectivity index (χ1v) is 13.4. The van der Waals surface area contributed by atoms with Crippen LogP contribution in [0.25, 0.3) is 0 Å². The number of carbonyl (C=O) groups excluding carboxylic acids is 2. The molecule has 0 aliphatic carbocycles. The van der Waals surface area contributed by atoms with E-state index < -0.39 is 82.9 Å². The van der Waals surface area contributed by atoms with Crippen molar-refractivity contribution in [2.75, 3.05) is 10.6 Å². The van der Waals surface area contributed by atoms with Gasteiger partial charge >= 0.3 is 59.9 Å². The summed E-state index contributed by atoms with van der Waals surface area (Å²) >= 11 is 0. The number of hydrogen-bond donors (Lipinski definition) is 2. The van der Waals surface area contributed by atoms with Crippen LogP contribution in [0.3, 0.4) is 0 Å². The van der Waals surface area contributed by atoms with Crippen LogP contribution in [0.1, 0.15) is 0 Å². The largest absolute Gasteiger partial charge is 0.460 e. The van der Waals surface area contributed by atoms with Crippen molar-refractivity contribution in [3.05, 3.63) is 90.7 Å². The Morgan fingerprint density at radius 3 is 1.19 bits per heavy atom. The molecule has 24 heteroatoms. The normalized spacial score (nSPS) is 13.8. The van der Waals surface area contributed by atoms with E-state index in [9.17, 15) is 84.2 Å². The summed E-state index contributed by atoms with van der Waals surface area (Å²) < 4.78 is 245. The maximum Gasteiger partial charge on any atom is 0.460 e. The van der Waals surface area contributed by atoms with Crippen LogP contribution in [0.5, 0.6) is 17.2 Å². The summed E-state index contributed by atoms with van der Waals surface area (Å²) in [6, 6.07) is 11.1. The molecule has 0 bridgehead atoms. The van der Waals surface area contributed by atoms with Gasteiger partial charge in [-0.1, -0.05) is 36.4 Å². The molecule has 0 fully saturated rings. The summed E-state index contributed by atoms with van der Waals surface area (Å²) in [6.45, 7) is 0. The van der Waals surface area contributed by atoms with Crippen LogP contribution in [-0.4, -0.2) is 53.9 Å². The Labute approximate surface area is 282 Å². The summed E-state index contributed by atoms with van der Waals surface area (Å²) in [7, 11) is 0. The molecule has 2 N–H and O–H groups in total. The first-order chi connectivity index (χ1) is 24.1. The molecule has 7 nitrogen and oxygen atoms in total. The molecule has 0 saturated heterocycles. The number of anilines is 2. The molecule has 0 radical (unpaired) electrons. The van der Waals surface area contributed by atoms with Crippen molar-refractivity contribution >= 4 is 23.6 Å². The number of ether oxygens (including phenoxy) is 3. The predicted molar refractivity (Wildman–Crippen MR) is 144 cm³/mol. The van der Waals surface area contributed by atoms with E-state index >= 15 is 0 Å². The number of hydrogen-bond acceptors (Lipinski definition) is 5. The topological polar surface area (TPSA) is 85.9 Å². The van der Waals surface area contributed by atoms with Gasteiger partial charge in [-0.05, 0) is 30.3 Å². The quantitative estimate of drug-likeness (QED) is 0.141. The number of benzene rings is 3. The molecule has 2 amide bonds. The van der Waals surface area contributed by atoms with Gasteiger partial charge in [0.05, 0.1) is 0 Å². The molecule has 0 aliphatic heterocycles. The minimum absolute atomic E-state index is 0.122. The van der Waals surface area contributed by atoms with Gasteiger partial charge in [-0.25, -0.2) is 9.59 Å². The third-order valence-electron chi connectivity index (χ3n) is 6.29. The van der Waals surface area contributed by atoms with E-state index in [4.69, 9.17) is 9.47 Å². The monoisotopic (exact) mass is 794 g/mol. The van der Waals surface area contributed by atoms with Crippen LogP contribution in [0.15, 0.2) is 90.7 Å². The predicted octanol–water partition coefficient (Wildman–Crippen LogP) is 10.8. The lowest BCUT2D eigenvalue weighted by atomic mass is 9.91. The fourth-order valence-corrected chi connectivity index (χ4v) is 3.66. The van der Waals surface area contributed by atoms with Crippen LogP contribution in [0.4, 0.5) is 95.6 Å². The third kappa shape index (κ3) is 8.14. The van der Waals surface area contributed by atoms with Gasteiger partial charge < -0.3 is 14.2 Å². The van der Waals surface area contributed by atoms with Crippen molar-refractivity contribution in [3.63, 3.8) is 0 Å². The van der Waals surface area contributed by atoms with E-state index in [1.165, 1.54) is 60.7 Å². The fraction of sp³-hybridized carbons (Fsp3) is 0.241. The summed E-state index contributed by atoms with van der Waals surface area (Å²) in [5.74, 6) is -56.9. The Bertz CT molecular complexity index is 1750. The van der Waals surface area contributed by atoms with Gasteiger partial charge in [0.15, 0.2) is 0 Å². The highest BCUT2D eigenvalue weighted by molar-refractivity contribution is 5.91. The number of allylic oxidation sites excluding steroid dienone is 1. The lowest BCUT2D eigenvalue weighted by Gasteiger charge is -2.41. The number of alkyl halides is 15. The van der Waals surface area contributed by atoms with Crippen molar-refractivity contribution in [2.45, 2.75) is 41.7 Å². The number of amides is 2. The van der Waals surface area contributed by atoms with E-state index in [-0.39, 0.29) is 11.5 Å². The number of nitrogens with one attached hydrogen (secondary N) is 2. The second-order valence-electron chi connectivity index (χ2n) is 10.0. The van der Waals surface area contributed by atoms with Crippen molar-refractivity contribution in [2.24, 2.45) is 0 Å². The van der Waals surface area contributed by atoms with Crippen LogP contribution in [-0.2, 0) is 0 Å². The molecule has 0 atom stereocenters. The Morgan fingerprint density at radius 2 is 0.811 bits per heavy atom. The van der Waals surface area contributed by atoms with Crippen LogP contribution < -0.4 is 24.8 Å². The molecule has 3 rings (SSSR count). The van der Waals surface area contributed by atoms with E-state index in [1.807, 2.05) is 10.6 Å². The Kier molecular flexibility index (Phi) is 11.5. The van der Waals surface area contributed by atoms with E-state index in [1.54, 1.807) is 0 Å². The zero-order valence-corrected chi connectivity index (χ0v) is 25.0. The van der Waals surface area contributed by atoms with E-state index in [2.05, 4.69) is 4.74 Å². The first-order valence-electron chi connectivity index (χ1n) is 13.4. The standard InChI is InChI=1S/C29H15F17N2O5/c30-19(23(32,33)24(34,35)25(36,37)26(38,39)27(40,41)28(42,43)29(44,45)46)20(31)51-18-12-14(47-21(49)52-16-7-3-1-4-8-16)11-15(13-18)48-22(50)53-17-9-5-2-6-10-17/h1-13H,(H,47,49)(H,48,50). The molecule has 53 heavy (non-hydrogen) atoms. The number of rotatable bonds is 12. The summed E-state index contributed by atoms with van der Waals surface area (Å²) in [6.07, 6.45) is -10.7. The zero-order valence-electron chi connectivity index (χ0n) is 25.0. The molecule has 0 saturated carbocycles. The van der Waals surface area contributed by atoms with Gasteiger partial charge in [0.2, 0.25) is 5.83 Å². The van der Waals surface area contributed by atoms with Gasteiger partial charge in [0, 0.05) is 23.5 Å². The van der Waals surface area contributed by atoms with Crippen molar-refractivity contribution in [1.82, 2.24) is 0 Å². The maximum atomic E-state index is 14.5. The first kappa shape index (κ1) is 42.0. The molecule has 0 aromatic heterocycles. The molecule has 3 aromatic carbocycles. The molecule has 0 aliphatic rings. The van der Waals surface area contributed by atoms with Crippen molar-refractivity contribution < 1.29 is 98.4 Å². The van der Waals surface area contributed by atoms with Gasteiger partial charge in [-0.3, -0.25) is 10.6 Å². The zero-order chi connectivity index (χ0) is 40.4. The molecule has 290 valence electrons. The highest BCUT2D eigenvalue weighted by Crippen LogP contribution is 2.63. The van der Waals surface area contributed by atoms with Gasteiger partial charge in [0.25, 0.3) is 0 Å². The van der Waals surface area contributed by atoms with Crippen molar-refractivity contribution in [3.8, 4) is 17.2 Å². The van der Waals surface area contributed by atoms with E-state index in [0.29, 0.717) is 12.1 Å². The molecule has 0 unspecified atom stereocenters. The smallest absolute Gasteiger partial charge is 0.429 e. The summed E-state index contributed by atoms with van der Waals surface area (Å²) in [5.41, 5.74) is -1.44. The number of para-hydroxylation sites is 2. The third-order valence-corrected chi connectivity index (χ3v) is 6.29. The maximum absolute atomic E-state index is 14.5. The highest BCUT2D eigenvalue weighted by Gasteiger charge is 2.94.